The van der Waals surface area contributed by atoms with Gasteiger partial charge in [-0.15, -0.1) is 0 Å². The van der Waals surface area contributed by atoms with Gasteiger partial charge < -0.3 is 11.1 Å². The zero-order valence-electron chi connectivity index (χ0n) is 10.0. The smallest absolute Gasteiger partial charge is 0.237 e. The van der Waals surface area contributed by atoms with E-state index in [4.69, 9.17) is 18.0 Å². The maximum absolute atomic E-state index is 11.7. The molecule has 92 valence electrons. The van der Waals surface area contributed by atoms with Crippen molar-refractivity contribution >= 4 is 23.1 Å². The summed E-state index contributed by atoms with van der Waals surface area (Å²) in [4.78, 5) is 14.4. The van der Waals surface area contributed by atoms with Crippen LogP contribution in [0.15, 0.2) is 0 Å². The van der Waals surface area contributed by atoms with Crippen molar-refractivity contribution in [2.45, 2.75) is 32.2 Å². The lowest BCUT2D eigenvalue weighted by molar-refractivity contribution is -0.127. The lowest BCUT2D eigenvalue weighted by Gasteiger charge is -2.35. The van der Waals surface area contributed by atoms with Gasteiger partial charge in [-0.1, -0.05) is 25.6 Å². The van der Waals surface area contributed by atoms with Crippen molar-refractivity contribution < 1.29 is 4.79 Å². The molecule has 0 aliphatic carbocycles. The van der Waals surface area contributed by atoms with Gasteiger partial charge in [-0.05, 0) is 19.4 Å². The summed E-state index contributed by atoms with van der Waals surface area (Å²) in [6.07, 6.45) is 3.21. The molecule has 1 aliphatic heterocycles. The molecule has 0 aromatic carbocycles. The van der Waals surface area contributed by atoms with Crippen LogP contribution >= 0.6 is 12.2 Å². The number of piperidine rings is 1. The van der Waals surface area contributed by atoms with Crippen LogP contribution in [0.5, 0.6) is 0 Å². The minimum absolute atomic E-state index is 0.00412. The SMILES string of the molecule is CNC(=O)C1CCCCN1CC(C)C(N)=S. The Morgan fingerprint density at radius 3 is 2.88 bits per heavy atom. The monoisotopic (exact) mass is 243 g/mol. The van der Waals surface area contributed by atoms with Crippen LogP contribution in [0, 0.1) is 5.92 Å². The van der Waals surface area contributed by atoms with Crippen molar-refractivity contribution in [1.29, 1.82) is 0 Å². The first-order chi connectivity index (χ1) is 7.56. The Morgan fingerprint density at radius 2 is 2.31 bits per heavy atom. The minimum atomic E-state index is -0.00412. The molecule has 2 unspecified atom stereocenters. The largest absolute Gasteiger partial charge is 0.393 e. The van der Waals surface area contributed by atoms with Crippen LogP contribution in [0.3, 0.4) is 0 Å². The summed E-state index contributed by atoms with van der Waals surface area (Å²) in [7, 11) is 1.69. The molecule has 0 spiro atoms. The molecule has 1 aliphatic rings. The summed E-state index contributed by atoms with van der Waals surface area (Å²) < 4.78 is 0. The molecule has 1 amide bonds. The second kappa shape index (κ2) is 6.15. The Bertz CT molecular complexity index is 270. The zero-order valence-corrected chi connectivity index (χ0v) is 10.8. The van der Waals surface area contributed by atoms with Crippen molar-refractivity contribution in [3.05, 3.63) is 0 Å². The molecule has 3 N–H and O–H groups in total. The van der Waals surface area contributed by atoms with Crippen LogP contribution in [-0.4, -0.2) is 42.0 Å². The first-order valence-electron chi connectivity index (χ1n) is 5.81. The normalized spacial score (nSPS) is 23.8. The van der Waals surface area contributed by atoms with Crippen LogP contribution in [0.25, 0.3) is 0 Å². The summed E-state index contributed by atoms with van der Waals surface area (Å²) in [5.74, 6) is 0.273. The minimum Gasteiger partial charge on any atom is -0.393 e. The van der Waals surface area contributed by atoms with E-state index in [1.54, 1.807) is 7.05 Å². The Kier molecular flexibility index (Phi) is 5.15. The fourth-order valence-corrected chi connectivity index (χ4v) is 2.19. The third kappa shape index (κ3) is 3.42. The Morgan fingerprint density at radius 1 is 1.62 bits per heavy atom. The molecule has 0 bridgehead atoms. The van der Waals surface area contributed by atoms with Gasteiger partial charge >= 0.3 is 0 Å². The van der Waals surface area contributed by atoms with Gasteiger partial charge in [0.05, 0.1) is 11.0 Å². The van der Waals surface area contributed by atoms with E-state index in [9.17, 15) is 4.79 Å². The standard InChI is InChI=1S/C11H21N3OS/c1-8(10(12)16)7-14-6-4-3-5-9(14)11(15)13-2/h8-9H,3-7H2,1-2H3,(H2,12,16)(H,13,15). The molecular formula is C11H21N3OS. The molecule has 0 aromatic heterocycles. The molecular weight excluding hydrogens is 222 g/mol. The number of carbonyl (C=O) groups excluding carboxylic acids is 1. The molecule has 0 aromatic rings. The number of amides is 1. The first-order valence-corrected chi connectivity index (χ1v) is 6.22. The first kappa shape index (κ1) is 13.4. The summed E-state index contributed by atoms with van der Waals surface area (Å²) in [5, 5.41) is 2.72. The maximum atomic E-state index is 11.7. The third-order valence-corrected chi connectivity index (χ3v) is 3.56. The zero-order chi connectivity index (χ0) is 12.1. The lowest BCUT2D eigenvalue weighted by atomic mass is 9.99. The van der Waals surface area contributed by atoms with Crippen molar-refractivity contribution in [3.63, 3.8) is 0 Å². The van der Waals surface area contributed by atoms with Crippen LogP contribution in [0.1, 0.15) is 26.2 Å². The maximum Gasteiger partial charge on any atom is 0.237 e. The number of nitrogens with zero attached hydrogens (tertiary/aromatic N) is 1. The predicted molar refractivity (Wildman–Crippen MR) is 69.2 cm³/mol. The fourth-order valence-electron chi connectivity index (χ4n) is 2.11. The van der Waals surface area contributed by atoms with E-state index in [1.807, 2.05) is 6.92 Å². The molecule has 1 heterocycles. The number of hydrogen-bond donors (Lipinski definition) is 2. The average Bonchev–Trinajstić information content (AvgIpc) is 2.28. The van der Waals surface area contributed by atoms with E-state index in [1.165, 1.54) is 0 Å². The number of rotatable bonds is 4. The van der Waals surface area contributed by atoms with Crippen molar-refractivity contribution in [3.8, 4) is 0 Å². The molecule has 0 saturated carbocycles. The van der Waals surface area contributed by atoms with E-state index in [2.05, 4.69) is 10.2 Å². The van der Waals surface area contributed by atoms with Gasteiger partial charge in [-0.2, -0.15) is 0 Å². The van der Waals surface area contributed by atoms with Crippen LogP contribution < -0.4 is 11.1 Å². The van der Waals surface area contributed by atoms with E-state index < -0.39 is 0 Å². The van der Waals surface area contributed by atoms with Gasteiger partial charge in [0, 0.05) is 19.5 Å². The highest BCUT2D eigenvalue weighted by atomic mass is 32.1. The van der Waals surface area contributed by atoms with Crippen molar-refractivity contribution in [1.82, 2.24) is 10.2 Å². The number of nitrogens with two attached hydrogens (primary N) is 1. The van der Waals surface area contributed by atoms with Crippen LogP contribution in [0.2, 0.25) is 0 Å². The van der Waals surface area contributed by atoms with Crippen molar-refractivity contribution in [2.75, 3.05) is 20.1 Å². The summed E-state index contributed by atoms with van der Waals surface area (Å²) in [6, 6.07) is -0.00412. The summed E-state index contributed by atoms with van der Waals surface area (Å²) in [6.45, 7) is 3.76. The number of likely N-dealkylation sites (tertiary alicyclic amines) is 1. The highest BCUT2D eigenvalue weighted by Gasteiger charge is 2.28. The number of thiocarbonyl (C=S) groups is 1. The van der Waals surface area contributed by atoms with E-state index in [0.717, 1.165) is 32.4 Å². The van der Waals surface area contributed by atoms with Gasteiger partial charge in [-0.25, -0.2) is 0 Å². The highest BCUT2D eigenvalue weighted by Crippen LogP contribution is 2.18. The average molecular weight is 243 g/mol. The number of hydrogen-bond acceptors (Lipinski definition) is 3. The van der Waals surface area contributed by atoms with Gasteiger partial charge in [0.25, 0.3) is 0 Å². The van der Waals surface area contributed by atoms with Crippen LogP contribution in [-0.2, 0) is 4.79 Å². The molecule has 1 saturated heterocycles. The summed E-state index contributed by atoms with van der Waals surface area (Å²) in [5.41, 5.74) is 5.61. The molecule has 4 nitrogen and oxygen atoms in total. The lowest BCUT2D eigenvalue weighted by Crippen LogP contribution is -2.50. The highest BCUT2D eigenvalue weighted by molar-refractivity contribution is 7.80. The number of carbonyl (C=O) groups is 1. The second-order valence-electron chi connectivity index (χ2n) is 4.42. The van der Waals surface area contributed by atoms with Gasteiger partial charge in [-0.3, -0.25) is 9.69 Å². The number of likely N-dealkylation sites (N-methyl/N-ethyl adjacent to an activating group) is 1. The van der Waals surface area contributed by atoms with Gasteiger partial charge in [0.2, 0.25) is 5.91 Å². The van der Waals surface area contributed by atoms with Crippen LogP contribution in [0.4, 0.5) is 0 Å². The third-order valence-electron chi connectivity index (χ3n) is 3.16. The van der Waals surface area contributed by atoms with Gasteiger partial charge in [0.1, 0.15) is 0 Å². The summed E-state index contributed by atoms with van der Waals surface area (Å²) >= 11 is 4.97. The Labute approximate surface area is 103 Å². The fraction of sp³-hybridized carbons (Fsp3) is 0.818. The molecule has 16 heavy (non-hydrogen) atoms. The van der Waals surface area contributed by atoms with E-state index >= 15 is 0 Å². The molecule has 1 rings (SSSR count). The predicted octanol–water partition coefficient (Wildman–Crippen LogP) is 0.509. The molecule has 2 atom stereocenters. The molecule has 1 fully saturated rings. The number of nitrogens with one attached hydrogen (secondary N) is 1. The quantitative estimate of drug-likeness (QED) is 0.706. The van der Waals surface area contributed by atoms with Crippen molar-refractivity contribution in [2.24, 2.45) is 11.7 Å². The Balaban J connectivity index is 2.60. The van der Waals surface area contributed by atoms with E-state index in [-0.39, 0.29) is 17.9 Å². The topological polar surface area (TPSA) is 58.4 Å². The Hall–Kier alpha value is -0.680. The second-order valence-corrected chi connectivity index (χ2v) is 4.90. The molecule has 5 heteroatoms. The van der Waals surface area contributed by atoms with E-state index in [0.29, 0.717) is 4.99 Å². The molecule has 0 radical (unpaired) electrons. The van der Waals surface area contributed by atoms with Gasteiger partial charge in [0.15, 0.2) is 0 Å².